The molecule has 0 spiro atoms. The van der Waals surface area contributed by atoms with E-state index in [1.54, 1.807) is 0 Å². The fourth-order valence-corrected chi connectivity index (χ4v) is 0.765. The van der Waals surface area contributed by atoms with Crippen molar-refractivity contribution < 1.29 is 9.53 Å². The number of hydrazine groups is 1. The van der Waals surface area contributed by atoms with E-state index in [9.17, 15) is 4.79 Å². The van der Waals surface area contributed by atoms with Crippen molar-refractivity contribution in [1.29, 1.82) is 0 Å². The van der Waals surface area contributed by atoms with Crippen LogP contribution in [0.2, 0.25) is 0 Å². The van der Waals surface area contributed by atoms with Gasteiger partial charge in [0, 0.05) is 0 Å². The minimum Gasteiger partial charge on any atom is -0.366 e. The van der Waals surface area contributed by atoms with Crippen LogP contribution < -0.4 is 11.3 Å². The van der Waals surface area contributed by atoms with Gasteiger partial charge in [-0.25, -0.2) is 5.84 Å². The smallest absolute Gasteiger partial charge is 0.262 e. The van der Waals surface area contributed by atoms with Crippen molar-refractivity contribution in [2.75, 3.05) is 0 Å². The van der Waals surface area contributed by atoms with E-state index in [2.05, 4.69) is 5.43 Å². The van der Waals surface area contributed by atoms with Crippen LogP contribution in [-0.2, 0) is 9.53 Å². The molecule has 0 aliphatic heterocycles. The SMILES string of the molecule is CC[C@@H](OC(C)C)C(=O)NN. The number of rotatable bonds is 4. The lowest BCUT2D eigenvalue weighted by molar-refractivity contribution is -0.135. The Morgan fingerprint density at radius 2 is 2.18 bits per heavy atom. The number of hydrogen-bond acceptors (Lipinski definition) is 3. The third-order valence-electron chi connectivity index (χ3n) is 1.24. The normalized spacial score (nSPS) is 13.2. The predicted octanol–water partition coefficient (Wildman–Crippen LogP) is 0.180. The lowest BCUT2D eigenvalue weighted by Gasteiger charge is -2.16. The predicted molar refractivity (Wildman–Crippen MR) is 42.6 cm³/mol. The van der Waals surface area contributed by atoms with Crippen LogP contribution in [0.5, 0.6) is 0 Å². The van der Waals surface area contributed by atoms with Crippen molar-refractivity contribution in [3.63, 3.8) is 0 Å². The highest BCUT2D eigenvalue weighted by Crippen LogP contribution is 2.01. The molecule has 3 N–H and O–H groups in total. The highest BCUT2D eigenvalue weighted by Gasteiger charge is 2.16. The van der Waals surface area contributed by atoms with Crippen LogP contribution in [-0.4, -0.2) is 18.1 Å². The fourth-order valence-electron chi connectivity index (χ4n) is 0.765. The third kappa shape index (κ3) is 3.95. The summed E-state index contributed by atoms with van der Waals surface area (Å²) in [5.74, 6) is 4.68. The first kappa shape index (κ1) is 10.4. The van der Waals surface area contributed by atoms with E-state index in [4.69, 9.17) is 10.6 Å². The summed E-state index contributed by atoms with van der Waals surface area (Å²) in [7, 11) is 0. The lowest BCUT2D eigenvalue weighted by atomic mass is 10.2. The zero-order chi connectivity index (χ0) is 8.85. The number of hydrogen-bond donors (Lipinski definition) is 2. The molecule has 0 aromatic carbocycles. The molecule has 0 bridgehead atoms. The van der Waals surface area contributed by atoms with Crippen molar-refractivity contribution in [3.8, 4) is 0 Å². The zero-order valence-electron chi connectivity index (χ0n) is 7.26. The van der Waals surface area contributed by atoms with E-state index >= 15 is 0 Å². The Labute approximate surface area is 67.1 Å². The van der Waals surface area contributed by atoms with Crippen molar-refractivity contribution in [1.82, 2.24) is 5.43 Å². The first-order chi connectivity index (χ1) is 5.11. The van der Waals surface area contributed by atoms with Crippen molar-refractivity contribution in [2.24, 2.45) is 5.84 Å². The number of nitrogens with one attached hydrogen (secondary N) is 1. The van der Waals surface area contributed by atoms with Crippen LogP contribution in [0.3, 0.4) is 0 Å². The summed E-state index contributed by atoms with van der Waals surface area (Å²) in [6, 6.07) is 0. The zero-order valence-corrected chi connectivity index (χ0v) is 7.26. The van der Waals surface area contributed by atoms with E-state index in [0.717, 1.165) is 0 Å². The van der Waals surface area contributed by atoms with Gasteiger partial charge in [0.1, 0.15) is 6.10 Å². The topological polar surface area (TPSA) is 64.3 Å². The van der Waals surface area contributed by atoms with Crippen LogP contribution >= 0.6 is 0 Å². The second kappa shape index (κ2) is 5.09. The molecule has 0 radical (unpaired) electrons. The van der Waals surface area contributed by atoms with Crippen LogP contribution in [0.25, 0.3) is 0 Å². The Morgan fingerprint density at radius 1 is 1.64 bits per heavy atom. The van der Waals surface area contributed by atoms with Gasteiger partial charge in [0.2, 0.25) is 0 Å². The number of nitrogens with two attached hydrogens (primary N) is 1. The van der Waals surface area contributed by atoms with Gasteiger partial charge in [0.05, 0.1) is 6.10 Å². The van der Waals surface area contributed by atoms with Gasteiger partial charge in [-0.1, -0.05) is 6.92 Å². The molecule has 0 aromatic rings. The van der Waals surface area contributed by atoms with Crippen LogP contribution in [0.4, 0.5) is 0 Å². The molecule has 0 unspecified atom stereocenters. The Bertz CT molecular complexity index is 126. The Kier molecular flexibility index (Phi) is 4.81. The molecule has 66 valence electrons. The van der Waals surface area contributed by atoms with Gasteiger partial charge < -0.3 is 4.74 Å². The van der Waals surface area contributed by atoms with Gasteiger partial charge in [-0.3, -0.25) is 10.2 Å². The Balaban J connectivity index is 3.84. The standard InChI is InChI=1S/C7H16N2O2/c1-4-6(7(10)9-8)11-5(2)3/h5-6H,4,8H2,1-3H3,(H,9,10)/t6-/m1/s1. The number of amides is 1. The van der Waals surface area contributed by atoms with Gasteiger partial charge in [-0.05, 0) is 20.3 Å². The summed E-state index contributed by atoms with van der Waals surface area (Å²) in [6.07, 6.45) is 0.276. The number of carbonyl (C=O) groups is 1. The minimum atomic E-state index is -0.417. The highest BCUT2D eigenvalue weighted by molar-refractivity contribution is 5.80. The molecule has 0 fully saturated rings. The second-order valence-corrected chi connectivity index (χ2v) is 2.59. The molecule has 0 aliphatic carbocycles. The fraction of sp³-hybridized carbons (Fsp3) is 0.857. The second-order valence-electron chi connectivity index (χ2n) is 2.59. The quantitative estimate of drug-likeness (QED) is 0.350. The summed E-state index contributed by atoms with van der Waals surface area (Å²) in [5, 5.41) is 0. The van der Waals surface area contributed by atoms with E-state index in [1.807, 2.05) is 20.8 Å². The summed E-state index contributed by atoms with van der Waals surface area (Å²) < 4.78 is 5.26. The maximum absolute atomic E-state index is 10.9. The van der Waals surface area contributed by atoms with E-state index in [0.29, 0.717) is 6.42 Å². The summed E-state index contributed by atoms with van der Waals surface area (Å²) in [6.45, 7) is 5.64. The van der Waals surface area contributed by atoms with Crippen LogP contribution in [0, 0.1) is 0 Å². The van der Waals surface area contributed by atoms with Gasteiger partial charge in [-0.15, -0.1) is 0 Å². The van der Waals surface area contributed by atoms with Crippen LogP contribution in [0.15, 0.2) is 0 Å². The first-order valence-electron chi connectivity index (χ1n) is 3.77. The largest absolute Gasteiger partial charge is 0.366 e. The first-order valence-corrected chi connectivity index (χ1v) is 3.77. The average molecular weight is 160 g/mol. The molecule has 0 heterocycles. The maximum atomic E-state index is 10.9. The molecule has 0 saturated heterocycles. The molecule has 1 atom stereocenters. The summed E-state index contributed by atoms with van der Waals surface area (Å²) in [4.78, 5) is 10.9. The molecule has 11 heavy (non-hydrogen) atoms. The average Bonchev–Trinajstić information content (AvgIpc) is 1.98. The molecule has 4 nitrogen and oxygen atoms in total. The molecule has 1 amide bonds. The third-order valence-corrected chi connectivity index (χ3v) is 1.24. The molecular formula is C7H16N2O2. The molecule has 0 saturated carbocycles. The van der Waals surface area contributed by atoms with Gasteiger partial charge in [0.15, 0.2) is 0 Å². The molecule has 4 heteroatoms. The van der Waals surface area contributed by atoms with E-state index in [1.165, 1.54) is 0 Å². The van der Waals surface area contributed by atoms with Gasteiger partial charge >= 0.3 is 0 Å². The molecule has 0 rings (SSSR count). The molecule has 0 aliphatic rings. The van der Waals surface area contributed by atoms with Crippen molar-refractivity contribution >= 4 is 5.91 Å². The van der Waals surface area contributed by atoms with E-state index < -0.39 is 6.10 Å². The van der Waals surface area contributed by atoms with Crippen molar-refractivity contribution in [3.05, 3.63) is 0 Å². The monoisotopic (exact) mass is 160 g/mol. The van der Waals surface area contributed by atoms with Crippen LogP contribution in [0.1, 0.15) is 27.2 Å². The summed E-state index contributed by atoms with van der Waals surface area (Å²) >= 11 is 0. The highest BCUT2D eigenvalue weighted by atomic mass is 16.5. The van der Waals surface area contributed by atoms with Gasteiger partial charge in [0.25, 0.3) is 5.91 Å². The molecular weight excluding hydrogens is 144 g/mol. The lowest BCUT2D eigenvalue weighted by Crippen LogP contribution is -2.41. The molecule has 0 aromatic heterocycles. The summed E-state index contributed by atoms with van der Waals surface area (Å²) in [5.41, 5.74) is 2.06. The van der Waals surface area contributed by atoms with E-state index in [-0.39, 0.29) is 12.0 Å². The number of carbonyl (C=O) groups excluding carboxylic acids is 1. The van der Waals surface area contributed by atoms with Gasteiger partial charge in [-0.2, -0.15) is 0 Å². The van der Waals surface area contributed by atoms with Crippen molar-refractivity contribution in [2.45, 2.75) is 39.4 Å². The minimum absolute atomic E-state index is 0.0530. The number of ether oxygens (including phenoxy) is 1. The maximum Gasteiger partial charge on any atom is 0.262 e. The Morgan fingerprint density at radius 3 is 2.45 bits per heavy atom. The Hall–Kier alpha value is -0.610.